The van der Waals surface area contributed by atoms with Crippen molar-refractivity contribution in [3.63, 3.8) is 0 Å². The molecule has 4 aromatic rings. The number of urea groups is 1. The number of carbonyl (C=O) groups is 2. The van der Waals surface area contributed by atoms with Gasteiger partial charge in [-0.25, -0.2) is 9.78 Å². The Bertz CT molecular complexity index is 1600. The normalized spacial score (nSPS) is 17.9. The molecule has 10 nitrogen and oxygen atoms in total. The first kappa shape index (κ1) is 32.5. The van der Waals surface area contributed by atoms with Crippen LogP contribution in [0.5, 0.6) is 0 Å². The number of aliphatic hydroxyl groups excluding tert-OH is 1. The first-order chi connectivity index (χ1) is 21.8. The number of hydrogen-bond acceptors (Lipinski definition) is 7. The fraction of sp³-hybridized carbons (Fsp3) is 0.303. The van der Waals surface area contributed by atoms with Crippen LogP contribution in [-0.4, -0.2) is 45.9 Å². The number of nitrogens with one attached hydrogen (secondary N) is 2. The second kappa shape index (κ2) is 15.4. The van der Waals surface area contributed by atoms with Gasteiger partial charge in [-0.2, -0.15) is 0 Å². The van der Waals surface area contributed by atoms with E-state index >= 15 is 0 Å². The number of imidazole rings is 1. The summed E-state index contributed by atoms with van der Waals surface area (Å²) in [5, 5.41) is 15.3. The van der Waals surface area contributed by atoms with E-state index < -0.39 is 18.3 Å². The average molecular weight is 654 g/mol. The highest BCUT2D eigenvalue weighted by Gasteiger charge is 2.33. The molecule has 0 unspecified atom stereocenters. The van der Waals surface area contributed by atoms with E-state index in [1.54, 1.807) is 17.8 Å². The quantitative estimate of drug-likeness (QED) is 0.171. The van der Waals surface area contributed by atoms with Crippen molar-refractivity contribution in [2.75, 3.05) is 13.2 Å². The summed E-state index contributed by atoms with van der Waals surface area (Å²) in [6.45, 7) is 2.49. The number of esters is 1. The number of benzene rings is 3. The summed E-state index contributed by atoms with van der Waals surface area (Å²) < 4.78 is 19.5. The van der Waals surface area contributed by atoms with Crippen molar-refractivity contribution in [1.82, 2.24) is 20.2 Å². The van der Waals surface area contributed by atoms with Crippen LogP contribution >= 0.6 is 23.2 Å². The van der Waals surface area contributed by atoms with Gasteiger partial charge in [0, 0.05) is 18.5 Å². The highest BCUT2D eigenvalue weighted by molar-refractivity contribution is 6.40. The number of ether oxygens (including phenoxy) is 3. The molecule has 1 aliphatic rings. The van der Waals surface area contributed by atoms with Crippen LogP contribution in [0.4, 0.5) is 4.79 Å². The molecule has 236 valence electrons. The number of amides is 2. The van der Waals surface area contributed by atoms with Crippen molar-refractivity contribution in [2.24, 2.45) is 0 Å². The summed E-state index contributed by atoms with van der Waals surface area (Å²) in [4.78, 5) is 27.6. The van der Waals surface area contributed by atoms with Crippen LogP contribution in [0, 0.1) is 0 Å². The zero-order valence-electron chi connectivity index (χ0n) is 24.6. The lowest BCUT2D eigenvalue weighted by atomic mass is 9.99. The van der Waals surface area contributed by atoms with Gasteiger partial charge in [0.05, 0.1) is 38.3 Å². The van der Waals surface area contributed by atoms with Gasteiger partial charge in [0.2, 0.25) is 0 Å². The van der Waals surface area contributed by atoms with E-state index in [9.17, 15) is 14.7 Å². The van der Waals surface area contributed by atoms with Crippen molar-refractivity contribution in [2.45, 2.75) is 51.5 Å². The number of halogens is 2. The summed E-state index contributed by atoms with van der Waals surface area (Å²) in [5.41, 5.74) is 5.52. The van der Waals surface area contributed by atoms with Gasteiger partial charge in [0.25, 0.3) is 0 Å². The first-order valence-corrected chi connectivity index (χ1v) is 15.3. The molecular formula is C33H34Cl2N4O6. The van der Waals surface area contributed by atoms with Crippen LogP contribution < -0.4 is 10.6 Å². The molecule has 0 radical (unpaired) electrons. The lowest BCUT2D eigenvalue weighted by molar-refractivity contribution is -0.252. The maximum atomic E-state index is 12.1. The van der Waals surface area contributed by atoms with Gasteiger partial charge in [-0.3, -0.25) is 4.79 Å². The van der Waals surface area contributed by atoms with Crippen LogP contribution in [0.25, 0.3) is 11.1 Å². The van der Waals surface area contributed by atoms with E-state index in [-0.39, 0.29) is 37.1 Å². The summed E-state index contributed by atoms with van der Waals surface area (Å²) in [6.07, 6.45) is 1.05. The number of rotatable bonds is 11. The first-order valence-electron chi connectivity index (χ1n) is 14.6. The minimum Gasteiger partial charge on any atom is -0.465 e. The van der Waals surface area contributed by atoms with E-state index in [0.29, 0.717) is 24.7 Å². The second-order valence-corrected chi connectivity index (χ2v) is 11.2. The fourth-order valence-corrected chi connectivity index (χ4v) is 5.34. The number of aromatic nitrogens is 2. The lowest BCUT2D eigenvalue weighted by Crippen LogP contribution is -2.38. The summed E-state index contributed by atoms with van der Waals surface area (Å²) in [6, 6.07) is 23.0. The van der Waals surface area contributed by atoms with Gasteiger partial charge in [0.1, 0.15) is 11.7 Å². The summed E-state index contributed by atoms with van der Waals surface area (Å²) in [5.74, 6) is -0.489. The predicted octanol–water partition coefficient (Wildman–Crippen LogP) is 5.96. The number of aliphatic hydroxyl groups is 1. The third kappa shape index (κ3) is 8.62. The van der Waals surface area contributed by atoms with Crippen molar-refractivity contribution >= 4 is 35.2 Å². The molecule has 0 aliphatic carbocycles. The van der Waals surface area contributed by atoms with Gasteiger partial charge in [-0.15, -0.1) is 0 Å². The minimum atomic E-state index is -0.637. The standard InChI is InChI=1S/C33H34Cl2N4O6/c1-2-43-29(41)17-37-33(42)36-16-22-4-3-5-26(14-22)23-10-12-25(13-11-23)32-44-27(18-39-20-38-30(34)31(39)35)15-28(45-32)24-8-6-21(19-40)7-9-24/h3-14,20,27-28,32,40H,2,15-19H2,1H3,(H2,36,37,42)/t27-,28+,32+/m0/s1. The van der Waals surface area contributed by atoms with Crippen LogP contribution in [0.2, 0.25) is 10.3 Å². The van der Waals surface area contributed by atoms with Gasteiger partial charge in [0.15, 0.2) is 11.4 Å². The Balaban J connectivity index is 1.27. The molecule has 45 heavy (non-hydrogen) atoms. The zero-order valence-corrected chi connectivity index (χ0v) is 26.1. The van der Waals surface area contributed by atoms with Crippen molar-refractivity contribution in [1.29, 1.82) is 0 Å². The SMILES string of the molecule is CCOC(=O)CNC(=O)NCc1cccc(-c2ccc([C@@H]3O[C@H](Cn4cnc(Cl)c4Cl)C[C@H](c4ccc(CO)cc4)O3)cc2)c1. The molecule has 0 bridgehead atoms. The van der Waals surface area contributed by atoms with Gasteiger partial charge >= 0.3 is 12.0 Å². The molecule has 3 aromatic carbocycles. The molecule has 3 atom stereocenters. The van der Waals surface area contributed by atoms with E-state index in [4.69, 9.17) is 37.4 Å². The van der Waals surface area contributed by atoms with Gasteiger partial charge < -0.3 is 34.5 Å². The highest BCUT2D eigenvalue weighted by Crippen LogP contribution is 2.39. The molecule has 0 saturated carbocycles. The second-order valence-electron chi connectivity index (χ2n) is 10.5. The lowest BCUT2D eigenvalue weighted by Gasteiger charge is -2.36. The summed E-state index contributed by atoms with van der Waals surface area (Å²) >= 11 is 12.4. The van der Waals surface area contributed by atoms with Crippen LogP contribution in [0.1, 0.15) is 48.0 Å². The molecular weight excluding hydrogens is 619 g/mol. The molecule has 2 heterocycles. The van der Waals surface area contributed by atoms with Crippen LogP contribution in [0.3, 0.4) is 0 Å². The van der Waals surface area contributed by atoms with Crippen molar-refractivity contribution < 1.29 is 28.9 Å². The smallest absolute Gasteiger partial charge is 0.325 e. The molecule has 1 saturated heterocycles. The molecule has 1 fully saturated rings. The molecule has 2 amide bonds. The van der Waals surface area contributed by atoms with E-state index in [0.717, 1.165) is 33.4 Å². The van der Waals surface area contributed by atoms with Crippen LogP contribution in [-0.2, 0) is 38.7 Å². The molecule has 0 spiro atoms. The minimum absolute atomic E-state index is 0.0295. The Hall–Kier alpha value is -3.93. The molecule has 12 heteroatoms. The molecule has 1 aliphatic heterocycles. The largest absolute Gasteiger partial charge is 0.465 e. The summed E-state index contributed by atoms with van der Waals surface area (Å²) in [7, 11) is 0. The number of carbonyl (C=O) groups excluding carboxylic acids is 2. The Morgan fingerprint density at radius 3 is 2.42 bits per heavy atom. The zero-order chi connectivity index (χ0) is 31.8. The predicted molar refractivity (Wildman–Crippen MR) is 169 cm³/mol. The highest BCUT2D eigenvalue weighted by atomic mass is 35.5. The Morgan fingerprint density at radius 2 is 1.73 bits per heavy atom. The van der Waals surface area contributed by atoms with Gasteiger partial charge in [-0.05, 0) is 40.8 Å². The topological polar surface area (TPSA) is 124 Å². The molecule has 1 aromatic heterocycles. The maximum Gasteiger partial charge on any atom is 0.325 e. The molecule has 3 N–H and O–H groups in total. The number of nitrogens with zero attached hydrogens (tertiary/aromatic N) is 2. The average Bonchev–Trinajstić information content (AvgIpc) is 3.38. The monoisotopic (exact) mass is 652 g/mol. The Kier molecular flexibility index (Phi) is 11.1. The third-order valence-electron chi connectivity index (χ3n) is 7.34. The van der Waals surface area contributed by atoms with Crippen LogP contribution in [0.15, 0.2) is 79.1 Å². The number of hydrogen-bond donors (Lipinski definition) is 3. The van der Waals surface area contributed by atoms with Crippen molar-refractivity contribution in [3.8, 4) is 11.1 Å². The molecule has 5 rings (SSSR count). The Labute approximate surface area is 271 Å². The van der Waals surface area contributed by atoms with Gasteiger partial charge in [-0.1, -0.05) is 89.9 Å². The third-order valence-corrected chi connectivity index (χ3v) is 8.11. The van der Waals surface area contributed by atoms with E-state index in [1.807, 2.05) is 72.8 Å². The van der Waals surface area contributed by atoms with E-state index in [1.165, 1.54) is 0 Å². The van der Waals surface area contributed by atoms with Crippen molar-refractivity contribution in [3.05, 3.63) is 112 Å². The fourth-order valence-electron chi connectivity index (χ4n) is 5.03. The maximum absolute atomic E-state index is 12.1. The Morgan fingerprint density at radius 1 is 0.978 bits per heavy atom. The van der Waals surface area contributed by atoms with E-state index in [2.05, 4.69) is 15.6 Å².